The molecule has 96 valence electrons. The van der Waals surface area contributed by atoms with E-state index in [1.165, 1.54) is 0 Å². The standard InChI is InChI=1S/C14H16ClNO2/c1-9-6-7-11(15)12(8-9)16-14(18)10-4-2-3-5-13(10)17/h6-8,10H,2-5H2,1H3,(H,16,18). The third-order valence-corrected chi connectivity index (χ3v) is 3.58. The van der Waals surface area contributed by atoms with Crippen LogP contribution in [0.4, 0.5) is 5.69 Å². The van der Waals surface area contributed by atoms with Crippen LogP contribution in [0.2, 0.25) is 5.02 Å². The minimum absolute atomic E-state index is 0.0440. The predicted octanol–water partition coefficient (Wildman–Crippen LogP) is 3.35. The molecule has 1 unspecified atom stereocenters. The quantitative estimate of drug-likeness (QED) is 0.834. The van der Waals surface area contributed by atoms with Crippen LogP contribution in [0, 0.1) is 12.8 Å². The van der Waals surface area contributed by atoms with Crippen molar-refractivity contribution < 1.29 is 9.59 Å². The first-order chi connectivity index (χ1) is 8.58. The molecule has 0 bridgehead atoms. The lowest BCUT2D eigenvalue weighted by molar-refractivity contribution is -0.132. The molecule has 1 aromatic carbocycles. The van der Waals surface area contributed by atoms with Gasteiger partial charge in [-0.2, -0.15) is 0 Å². The zero-order valence-corrected chi connectivity index (χ0v) is 11.1. The summed E-state index contributed by atoms with van der Waals surface area (Å²) in [4.78, 5) is 23.7. The van der Waals surface area contributed by atoms with Gasteiger partial charge in [0.05, 0.1) is 16.6 Å². The molecule has 4 heteroatoms. The van der Waals surface area contributed by atoms with E-state index in [1.807, 2.05) is 19.1 Å². The van der Waals surface area contributed by atoms with Crippen molar-refractivity contribution in [3.63, 3.8) is 0 Å². The highest BCUT2D eigenvalue weighted by atomic mass is 35.5. The molecule has 1 aromatic rings. The Morgan fingerprint density at radius 3 is 2.89 bits per heavy atom. The normalized spacial score (nSPS) is 19.7. The maximum atomic E-state index is 12.1. The Morgan fingerprint density at radius 2 is 2.17 bits per heavy atom. The zero-order chi connectivity index (χ0) is 13.1. The minimum Gasteiger partial charge on any atom is -0.324 e. The Morgan fingerprint density at radius 1 is 1.39 bits per heavy atom. The van der Waals surface area contributed by atoms with Crippen LogP contribution in [0.5, 0.6) is 0 Å². The molecule has 1 N–H and O–H groups in total. The summed E-state index contributed by atoms with van der Waals surface area (Å²) in [5, 5.41) is 3.26. The first kappa shape index (κ1) is 13.1. The van der Waals surface area contributed by atoms with E-state index in [0.717, 1.165) is 18.4 Å². The van der Waals surface area contributed by atoms with Gasteiger partial charge >= 0.3 is 0 Å². The molecule has 0 aliphatic heterocycles. The first-order valence-electron chi connectivity index (χ1n) is 6.17. The molecule has 2 rings (SSSR count). The maximum absolute atomic E-state index is 12.1. The van der Waals surface area contributed by atoms with Crippen LogP contribution < -0.4 is 5.32 Å². The van der Waals surface area contributed by atoms with Crippen molar-refractivity contribution in [2.45, 2.75) is 32.6 Å². The van der Waals surface area contributed by atoms with Crippen molar-refractivity contribution >= 4 is 29.0 Å². The molecule has 1 fully saturated rings. The van der Waals surface area contributed by atoms with E-state index in [-0.39, 0.29) is 11.7 Å². The SMILES string of the molecule is Cc1ccc(Cl)c(NC(=O)C2CCCCC2=O)c1. The second-order valence-corrected chi connectivity index (χ2v) is 5.14. The maximum Gasteiger partial charge on any atom is 0.234 e. The van der Waals surface area contributed by atoms with Gasteiger partial charge in [0, 0.05) is 6.42 Å². The number of Topliss-reactive ketones (excluding diaryl/α,β-unsaturated/α-hetero) is 1. The number of aryl methyl sites for hydroxylation is 1. The van der Waals surface area contributed by atoms with E-state index >= 15 is 0 Å². The molecule has 0 radical (unpaired) electrons. The number of carbonyl (C=O) groups excluding carboxylic acids is 2. The molecule has 3 nitrogen and oxygen atoms in total. The average Bonchev–Trinajstić information content (AvgIpc) is 2.34. The number of hydrogen-bond donors (Lipinski definition) is 1. The van der Waals surface area contributed by atoms with Crippen LogP contribution in [0.15, 0.2) is 18.2 Å². The smallest absolute Gasteiger partial charge is 0.234 e. The van der Waals surface area contributed by atoms with Gasteiger partial charge in [-0.15, -0.1) is 0 Å². The molecule has 1 atom stereocenters. The number of benzene rings is 1. The molecule has 18 heavy (non-hydrogen) atoms. The zero-order valence-electron chi connectivity index (χ0n) is 10.3. The van der Waals surface area contributed by atoms with Gasteiger partial charge in [0.25, 0.3) is 0 Å². The summed E-state index contributed by atoms with van der Waals surface area (Å²) < 4.78 is 0. The van der Waals surface area contributed by atoms with E-state index < -0.39 is 5.92 Å². The van der Waals surface area contributed by atoms with Crippen LogP contribution in [0.3, 0.4) is 0 Å². The summed E-state index contributed by atoms with van der Waals surface area (Å²) in [7, 11) is 0. The molecule has 0 spiro atoms. The van der Waals surface area contributed by atoms with Crippen molar-refractivity contribution in [1.82, 2.24) is 0 Å². The van der Waals surface area contributed by atoms with E-state index in [1.54, 1.807) is 6.07 Å². The molecule has 1 aliphatic carbocycles. The third kappa shape index (κ3) is 2.91. The summed E-state index contributed by atoms with van der Waals surface area (Å²) in [5.41, 5.74) is 1.60. The van der Waals surface area contributed by atoms with Gasteiger partial charge in [-0.1, -0.05) is 24.1 Å². The second kappa shape index (κ2) is 5.53. The summed E-state index contributed by atoms with van der Waals surface area (Å²) in [5.74, 6) is -0.690. The predicted molar refractivity (Wildman–Crippen MR) is 71.8 cm³/mol. The molecular weight excluding hydrogens is 250 g/mol. The molecule has 0 aromatic heterocycles. The number of anilines is 1. The molecule has 0 heterocycles. The van der Waals surface area contributed by atoms with Gasteiger partial charge in [-0.05, 0) is 37.5 Å². The summed E-state index contributed by atoms with van der Waals surface area (Å²) in [6.45, 7) is 1.93. The van der Waals surface area contributed by atoms with Crippen LogP contribution in [0.25, 0.3) is 0 Å². The van der Waals surface area contributed by atoms with Crippen LogP contribution in [0.1, 0.15) is 31.2 Å². The average molecular weight is 266 g/mol. The lowest BCUT2D eigenvalue weighted by Gasteiger charge is -2.20. The fourth-order valence-electron chi connectivity index (χ4n) is 2.21. The third-order valence-electron chi connectivity index (χ3n) is 3.25. The fourth-order valence-corrected chi connectivity index (χ4v) is 2.38. The lowest BCUT2D eigenvalue weighted by Crippen LogP contribution is -2.32. The Kier molecular flexibility index (Phi) is 4.02. The minimum atomic E-state index is -0.504. The van der Waals surface area contributed by atoms with Gasteiger partial charge < -0.3 is 5.32 Å². The highest BCUT2D eigenvalue weighted by molar-refractivity contribution is 6.33. The highest BCUT2D eigenvalue weighted by Gasteiger charge is 2.29. The lowest BCUT2D eigenvalue weighted by atomic mass is 9.87. The summed E-state index contributed by atoms with van der Waals surface area (Å²) >= 11 is 6.02. The van der Waals surface area contributed by atoms with E-state index in [9.17, 15) is 9.59 Å². The molecule has 0 saturated heterocycles. The largest absolute Gasteiger partial charge is 0.324 e. The number of nitrogens with one attached hydrogen (secondary N) is 1. The summed E-state index contributed by atoms with van der Waals surface area (Å²) in [6.07, 6.45) is 2.99. The van der Waals surface area contributed by atoms with Crippen LogP contribution >= 0.6 is 11.6 Å². The molecular formula is C14H16ClNO2. The van der Waals surface area contributed by atoms with Crippen molar-refractivity contribution in [2.75, 3.05) is 5.32 Å². The van der Waals surface area contributed by atoms with E-state index in [0.29, 0.717) is 23.6 Å². The Hall–Kier alpha value is -1.35. The van der Waals surface area contributed by atoms with Crippen LogP contribution in [-0.4, -0.2) is 11.7 Å². The van der Waals surface area contributed by atoms with Crippen molar-refractivity contribution in [3.8, 4) is 0 Å². The van der Waals surface area contributed by atoms with Gasteiger partial charge in [0.2, 0.25) is 5.91 Å². The Labute approximate surface area is 112 Å². The molecule has 1 saturated carbocycles. The topological polar surface area (TPSA) is 46.2 Å². The van der Waals surface area contributed by atoms with Gasteiger partial charge in [0.1, 0.15) is 5.78 Å². The number of ketones is 1. The number of carbonyl (C=O) groups is 2. The van der Waals surface area contributed by atoms with Crippen LogP contribution in [-0.2, 0) is 9.59 Å². The molecule has 1 aliphatic rings. The van der Waals surface area contributed by atoms with E-state index in [4.69, 9.17) is 11.6 Å². The van der Waals surface area contributed by atoms with Crippen molar-refractivity contribution in [2.24, 2.45) is 5.92 Å². The van der Waals surface area contributed by atoms with Gasteiger partial charge in [0.15, 0.2) is 0 Å². The number of hydrogen-bond acceptors (Lipinski definition) is 2. The van der Waals surface area contributed by atoms with Gasteiger partial charge in [-0.3, -0.25) is 9.59 Å². The number of halogens is 1. The number of amides is 1. The monoisotopic (exact) mass is 265 g/mol. The highest BCUT2D eigenvalue weighted by Crippen LogP contribution is 2.26. The fraction of sp³-hybridized carbons (Fsp3) is 0.429. The van der Waals surface area contributed by atoms with E-state index in [2.05, 4.69) is 5.32 Å². The number of rotatable bonds is 2. The van der Waals surface area contributed by atoms with Crippen molar-refractivity contribution in [3.05, 3.63) is 28.8 Å². The molecule has 1 amide bonds. The Bertz CT molecular complexity index is 485. The Balaban J connectivity index is 2.10. The second-order valence-electron chi connectivity index (χ2n) is 4.74. The van der Waals surface area contributed by atoms with Gasteiger partial charge in [-0.25, -0.2) is 0 Å². The first-order valence-corrected chi connectivity index (χ1v) is 6.55. The summed E-state index contributed by atoms with van der Waals surface area (Å²) in [6, 6.07) is 5.44. The van der Waals surface area contributed by atoms with Crippen molar-refractivity contribution in [1.29, 1.82) is 0 Å².